The van der Waals surface area contributed by atoms with E-state index in [4.69, 9.17) is 5.26 Å². The predicted octanol–water partition coefficient (Wildman–Crippen LogP) is 2.24. The van der Waals surface area contributed by atoms with Crippen LogP contribution in [0.25, 0.3) is 0 Å². The Morgan fingerprint density at radius 2 is 2.11 bits per heavy atom. The van der Waals surface area contributed by atoms with E-state index in [-0.39, 0.29) is 18.2 Å². The third-order valence-electron chi connectivity index (χ3n) is 2.22. The molecule has 18 heavy (non-hydrogen) atoms. The molecule has 0 amide bonds. The highest BCUT2D eigenvalue weighted by atomic mass is 19.1. The Bertz CT molecular complexity index is 607. The molecule has 0 saturated heterocycles. The van der Waals surface area contributed by atoms with Gasteiger partial charge in [0, 0.05) is 24.4 Å². The van der Waals surface area contributed by atoms with E-state index in [1.165, 1.54) is 24.4 Å². The molecule has 6 heteroatoms. The Kier molecular flexibility index (Phi) is 3.44. The Labute approximate surface area is 102 Å². The van der Waals surface area contributed by atoms with Crippen LogP contribution in [0, 0.1) is 23.0 Å². The van der Waals surface area contributed by atoms with Gasteiger partial charge in [-0.05, 0) is 12.1 Å². The smallest absolute Gasteiger partial charge is 0.224 e. The highest BCUT2D eigenvalue weighted by Crippen LogP contribution is 2.11. The summed E-state index contributed by atoms with van der Waals surface area (Å²) in [7, 11) is 0. The van der Waals surface area contributed by atoms with E-state index in [9.17, 15) is 8.78 Å². The van der Waals surface area contributed by atoms with Crippen molar-refractivity contribution in [3.63, 3.8) is 0 Å². The van der Waals surface area contributed by atoms with E-state index in [2.05, 4.69) is 15.3 Å². The van der Waals surface area contributed by atoms with Crippen molar-refractivity contribution in [1.29, 1.82) is 5.26 Å². The van der Waals surface area contributed by atoms with Crippen molar-refractivity contribution < 1.29 is 8.78 Å². The molecule has 0 radical (unpaired) electrons. The van der Waals surface area contributed by atoms with Gasteiger partial charge < -0.3 is 5.32 Å². The molecule has 0 aliphatic carbocycles. The van der Waals surface area contributed by atoms with E-state index in [1.54, 1.807) is 0 Å². The SMILES string of the molecule is N#Cc1ccnc(NCc2ccc(F)cc2F)n1. The molecule has 1 aromatic carbocycles. The number of benzene rings is 1. The summed E-state index contributed by atoms with van der Waals surface area (Å²) in [6, 6.07) is 6.65. The van der Waals surface area contributed by atoms with Gasteiger partial charge in [0.05, 0.1) is 0 Å². The first-order valence-corrected chi connectivity index (χ1v) is 5.10. The van der Waals surface area contributed by atoms with Crippen molar-refractivity contribution in [2.24, 2.45) is 0 Å². The molecule has 2 rings (SSSR count). The second kappa shape index (κ2) is 5.19. The van der Waals surface area contributed by atoms with Gasteiger partial charge in [0.15, 0.2) is 0 Å². The Morgan fingerprint density at radius 3 is 2.83 bits per heavy atom. The minimum absolute atomic E-state index is 0.112. The van der Waals surface area contributed by atoms with Crippen LogP contribution in [-0.2, 0) is 6.54 Å². The summed E-state index contributed by atoms with van der Waals surface area (Å²) in [4.78, 5) is 7.75. The summed E-state index contributed by atoms with van der Waals surface area (Å²) in [5.74, 6) is -1.05. The Hall–Kier alpha value is -2.55. The number of hydrogen-bond donors (Lipinski definition) is 1. The second-order valence-corrected chi connectivity index (χ2v) is 3.47. The summed E-state index contributed by atoms with van der Waals surface area (Å²) in [6.45, 7) is 0.112. The molecule has 0 bridgehead atoms. The van der Waals surface area contributed by atoms with Crippen LogP contribution in [0.5, 0.6) is 0 Å². The Morgan fingerprint density at radius 1 is 1.28 bits per heavy atom. The van der Waals surface area contributed by atoms with E-state index in [0.717, 1.165) is 6.07 Å². The number of nitrogens with one attached hydrogen (secondary N) is 1. The van der Waals surface area contributed by atoms with Crippen LogP contribution in [0.2, 0.25) is 0 Å². The summed E-state index contributed by atoms with van der Waals surface area (Å²) in [5.41, 5.74) is 0.509. The molecule has 90 valence electrons. The van der Waals surface area contributed by atoms with Gasteiger partial charge in [-0.25, -0.2) is 18.7 Å². The van der Waals surface area contributed by atoms with E-state index < -0.39 is 11.6 Å². The fourth-order valence-corrected chi connectivity index (χ4v) is 1.35. The molecule has 2 aromatic rings. The fraction of sp³-hybridized carbons (Fsp3) is 0.0833. The normalized spacial score (nSPS) is 9.83. The maximum atomic E-state index is 13.3. The molecule has 0 fully saturated rings. The number of hydrogen-bond acceptors (Lipinski definition) is 4. The lowest BCUT2D eigenvalue weighted by atomic mass is 10.2. The van der Waals surface area contributed by atoms with Crippen LogP contribution < -0.4 is 5.32 Å². The molecule has 1 N–H and O–H groups in total. The number of nitrogens with zero attached hydrogens (tertiary/aromatic N) is 3. The van der Waals surface area contributed by atoms with E-state index in [0.29, 0.717) is 5.56 Å². The molecule has 1 aromatic heterocycles. The molecule has 0 atom stereocenters. The van der Waals surface area contributed by atoms with Crippen LogP contribution >= 0.6 is 0 Å². The summed E-state index contributed by atoms with van der Waals surface area (Å²) >= 11 is 0. The summed E-state index contributed by atoms with van der Waals surface area (Å²) in [6.07, 6.45) is 1.43. The van der Waals surface area contributed by atoms with E-state index in [1.807, 2.05) is 6.07 Å². The van der Waals surface area contributed by atoms with Crippen LogP contribution in [0.3, 0.4) is 0 Å². The minimum Gasteiger partial charge on any atom is -0.350 e. The average Bonchev–Trinajstić information content (AvgIpc) is 2.38. The predicted molar refractivity (Wildman–Crippen MR) is 60.4 cm³/mol. The molecule has 0 unspecified atom stereocenters. The first kappa shape index (κ1) is 11.9. The van der Waals surface area contributed by atoms with Gasteiger partial charge in [0.1, 0.15) is 23.4 Å². The second-order valence-electron chi connectivity index (χ2n) is 3.47. The molecule has 0 spiro atoms. The number of nitriles is 1. The fourth-order valence-electron chi connectivity index (χ4n) is 1.35. The van der Waals surface area contributed by atoms with Gasteiger partial charge in [0.2, 0.25) is 5.95 Å². The van der Waals surface area contributed by atoms with Gasteiger partial charge in [-0.3, -0.25) is 0 Å². The van der Waals surface area contributed by atoms with Crippen molar-refractivity contribution in [3.05, 3.63) is 53.4 Å². The quantitative estimate of drug-likeness (QED) is 0.902. The summed E-state index contributed by atoms with van der Waals surface area (Å²) < 4.78 is 26.0. The zero-order valence-electron chi connectivity index (χ0n) is 9.19. The minimum atomic E-state index is -0.640. The maximum Gasteiger partial charge on any atom is 0.224 e. The molecule has 0 saturated carbocycles. The van der Waals surface area contributed by atoms with Crippen molar-refractivity contribution in [2.45, 2.75) is 6.54 Å². The van der Waals surface area contributed by atoms with Crippen LogP contribution in [0.15, 0.2) is 30.5 Å². The van der Waals surface area contributed by atoms with Gasteiger partial charge in [-0.2, -0.15) is 5.26 Å². The lowest BCUT2D eigenvalue weighted by molar-refractivity contribution is 0.574. The highest BCUT2D eigenvalue weighted by molar-refractivity contribution is 5.32. The monoisotopic (exact) mass is 246 g/mol. The number of rotatable bonds is 3. The van der Waals surface area contributed by atoms with E-state index >= 15 is 0 Å². The van der Waals surface area contributed by atoms with Crippen LogP contribution in [-0.4, -0.2) is 9.97 Å². The van der Waals surface area contributed by atoms with Gasteiger partial charge in [0.25, 0.3) is 0 Å². The number of aromatic nitrogens is 2. The van der Waals surface area contributed by atoms with Gasteiger partial charge in [-0.1, -0.05) is 6.07 Å². The number of anilines is 1. The third-order valence-corrected chi connectivity index (χ3v) is 2.22. The van der Waals surface area contributed by atoms with Crippen molar-refractivity contribution in [1.82, 2.24) is 9.97 Å². The molecular formula is C12H8F2N4. The molecule has 0 aliphatic heterocycles. The van der Waals surface area contributed by atoms with Crippen molar-refractivity contribution in [2.75, 3.05) is 5.32 Å². The van der Waals surface area contributed by atoms with Gasteiger partial charge in [-0.15, -0.1) is 0 Å². The summed E-state index contributed by atoms with van der Waals surface area (Å²) in [5, 5.41) is 11.4. The molecule has 0 aliphatic rings. The van der Waals surface area contributed by atoms with Crippen LogP contribution in [0.1, 0.15) is 11.3 Å². The third kappa shape index (κ3) is 2.77. The lowest BCUT2D eigenvalue weighted by Crippen LogP contribution is -2.05. The number of halogens is 2. The molecule has 4 nitrogen and oxygen atoms in total. The topological polar surface area (TPSA) is 61.6 Å². The highest BCUT2D eigenvalue weighted by Gasteiger charge is 2.04. The average molecular weight is 246 g/mol. The zero-order valence-corrected chi connectivity index (χ0v) is 9.19. The first-order chi connectivity index (χ1) is 8.69. The van der Waals surface area contributed by atoms with Crippen molar-refractivity contribution >= 4 is 5.95 Å². The largest absolute Gasteiger partial charge is 0.350 e. The van der Waals surface area contributed by atoms with Gasteiger partial charge >= 0.3 is 0 Å². The standard InChI is InChI=1S/C12H8F2N4/c13-9-2-1-8(11(14)5-9)7-17-12-16-4-3-10(6-15)18-12/h1-5H,7H2,(H,16,17,18). The maximum absolute atomic E-state index is 13.3. The molecule has 1 heterocycles. The Balaban J connectivity index is 2.09. The van der Waals surface area contributed by atoms with Crippen molar-refractivity contribution in [3.8, 4) is 6.07 Å². The lowest BCUT2D eigenvalue weighted by Gasteiger charge is -2.05. The first-order valence-electron chi connectivity index (χ1n) is 5.10. The van der Waals surface area contributed by atoms with Crippen LogP contribution in [0.4, 0.5) is 14.7 Å². The molecular weight excluding hydrogens is 238 g/mol. The zero-order chi connectivity index (χ0) is 13.0.